The number of fused-ring (bicyclic) bond motifs is 3. The first-order chi connectivity index (χ1) is 14.6. The number of hydrogen-bond donors (Lipinski definition) is 1. The van der Waals surface area contributed by atoms with Crippen molar-refractivity contribution in [2.24, 2.45) is 0 Å². The molecule has 0 unspecified atom stereocenters. The number of Topliss-reactive ketones (excluding diaryl/α,β-unsaturated/α-hetero) is 1. The number of benzene rings is 2. The molecule has 0 atom stereocenters. The number of furan rings is 1. The third-order valence-corrected chi connectivity index (χ3v) is 6.41. The lowest BCUT2D eigenvalue weighted by atomic mass is 9.87. The van der Waals surface area contributed by atoms with E-state index in [1.165, 1.54) is 0 Å². The second-order valence-electron chi connectivity index (χ2n) is 8.45. The van der Waals surface area contributed by atoms with Crippen molar-refractivity contribution in [1.29, 1.82) is 0 Å². The summed E-state index contributed by atoms with van der Waals surface area (Å²) < 4.78 is 12.2. The van der Waals surface area contributed by atoms with Crippen LogP contribution in [0.5, 0.6) is 5.75 Å². The Morgan fingerprint density at radius 3 is 2.63 bits per heavy atom. The first-order valence-electron chi connectivity index (χ1n) is 10.7. The lowest BCUT2D eigenvalue weighted by Crippen LogP contribution is -2.39. The molecule has 30 heavy (non-hydrogen) atoms. The molecular weight excluding hydrogens is 378 g/mol. The van der Waals surface area contributed by atoms with Crippen molar-refractivity contribution in [2.45, 2.75) is 51.0 Å². The summed E-state index contributed by atoms with van der Waals surface area (Å²) in [6.45, 7) is 2.35. The fourth-order valence-corrected chi connectivity index (χ4v) is 4.89. The third-order valence-electron chi connectivity index (χ3n) is 6.41. The minimum atomic E-state index is -0.340. The Bertz CT molecular complexity index is 1120. The van der Waals surface area contributed by atoms with Gasteiger partial charge in [-0.3, -0.25) is 9.59 Å². The summed E-state index contributed by atoms with van der Waals surface area (Å²) in [6, 6.07) is 13.6. The molecular formula is C25H25NO4. The van der Waals surface area contributed by atoms with Gasteiger partial charge in [0.25, 0.3) is 5.91 Å². The van der Waals surface area contributed by atoms with Gasteiger partial charge < -0.3 is 14.5 Å². The number of carbonyl (C=O) groups excluding carboxylic acids is 2. The molecule has 1 spiro atoms. The standard InChI is InChI=1S/C25H25NO4/c1-16-21-19(29-23(16)24(28)26-14-11-17-7-3-2-4-8-17)9-10-20-22(21)18(27)15-25(30-20)12-5-6-13-25/h2-4,7-10H,5-6,11-15H2,1H3,(H,26,28). The highest BCUT2D eigenvalue weighted by Crippen LogP contribution is 2.46. The van der Waals surface area contributed by atoms with Crippen molar-refractivity contribution in [3.05, 3.63) is 64.9 Å². The smallest absolute Gasteiger partial charge is 0.287 e. The Hall–Kier alpha value is -3.08. The van der Waals surface area contributed by atoms with Gasteiger partial charge in [0.2, 0.25) is 0 Å². The minimum Gasteiger partial charge on any atom is -0.486 e. The van der Waals surface area contributed by atoms with Gasteiger partial charge in [0.1, 0.15) is 16.9 Å². The first-order valence-corrected chi connectivity index (χ1v) is 10.7. The van der Waals surface area contributed by atoms with E-state index < -0.39 is 0 Å². The second-order valence-corrected chi connectivity index (χ2v) is 8.45. The fraction of sp³-hybridized carbons (Fsp3) is 0.360. The van der Waals surface area contributed by atoms with Crippen LogP contribution in [0.1, 0.15) is 64.1 Å². The molecule has 5 heteroatoms. The molecule has 0 radical (unpaired) electrons. The van der Waals surface area contributed by atoms with E-state index >= 15 is 0 Å². The summed E-state index contributed by atoms with van der Waals surface area (Å²) in [7, 11) is 0. The number of carbonyl (C=O) groups is 2. The van der Waals surface area contributed by atoms with E-state index in [9.17, 15) is 9.59 Å². The highest BCUT2D eigenvalue weighted by Gasteiger charge is 2.43. The summed E-state index contributed by atoms with van der Waals surface area (Å²) in [4.78, 5) is 25.9. The van der Waals surface area contributed by atoms with E-state index in [0.29, 0.717) is 40.8 Å². The van der Waals surface area contributed by atoms with Gasteiger partial charge in [0, 0.05) is 17.5 Å². The van der Waals surface area contributed by atoms with Crippen LogP contribution in [0.2, 0.25) is 0 Å². The third kappa shape index (κ3) is 3.18. The van der Waals surface area contributed by atoms with Gasteiger partial charge in [0.05, 0.1) is 12.0 Å². The van der Waals surface area contributed by atoms with Gasteiger partial charge in [-0.15, -0.1) is 0 Å². The average molecular weight is 403 g/mol. The molecule has 1 fully saturated rings. The minimum absolute atomic E-state index is 0.0867. The predicted molar refractivity (Wildman–Crippen MR) is 114 cm³/mol. The Morgan fingerprint density at radius 2 is 1.87 bits per heavy atom. The topological polar surface area (TPSA) is 68.5 Å². The zero-order chi connectivity index (χ0) is 20.7. The van der Waals surface area contributed by atoms with Gasteiger partial charge >= 0.3 is 0 Å². The molecule has 5 nitrogen and oxygen atoms in total. The quantitative estimate of drug-likeness (QED) is 0.666. The Kier molecular flexibility index (Phi) is 4.61. The van der Waals surface area contributed by atoms with Gasteiger partial charge in [-0.05, 0) is 56.7 Å². The van der Waals surface area contributed by atoms with Crippen LogP contribution in [0.4, 0.5) is 0 Å². The lowest BCUT2D eigenvalue weighted by molar-refractivity contribution is 0.0454. The normalized spacial score (nSPS) is 17.2. The number of aryl methyl sites for hydroxylation is 1. The van der Waals surface area contributed by atoms with Crippen LogP contribution in [0, 0.1) is 6.92 Å². The van der Waals surface area contributed by atoms with E-state index in [1.54, 1.807) is 0 Å². The van der Waals surface area contributed by atoms with E-state index in [4.69, 9.17) is 9.15 Å². The fourth-order valence-electron chi connectivity index (χ4n) is 4.89. The molecule has 1 amide bonds. The van der Waals surface area contributed by atoms with Gasteiger partial charge in [-0.1, -0.05) is 30.3 Å². The van der Waals surface area contributed by atoms with E-state index in [1.807, 2.05) is 49.4 Å². The van der Waals surface area contributed by atoms with Crippen molar-refractivity contribution in [1.82, 2.24) is 5.32 Å². The molecule has 3 aromatic rings. The van der Waals surface area contributed by atoms with Crippen LogP contribution >= 0.6 is 0 Å². The van der Waals surface area contributed by atoms with Crippen LogP contribution in [0.3, 0.4) is 0 Å². The number of ketones is 1. The van der Waals surface area contributed by atoms with Crippen LogP contribution in [-0.4, -0.2) is 23.8 Å². The number of hydrogen-bond acceptors (Lipinski definition) is 4. The molecule has 0 saturated heterocycles. The molecule has 1 aromatic heterocycles. The Balaban J connectivity index is 1.41. The predicted octanol–water partition coefficient (Wildman–Crippen LogP) is 4.99. The summed E-state index contributed by atoms with van der Waals surface area (Å²) in [5.41, 5.74) is 2.64. The molecule has 154 valence electrons. The monoisotopic (exact) mass is 403 g/mol. The maximum Gasteiger partial charge on any atom is 0.287 e. The summed E-state index contributed by atoms with van der Waals surface area (Å²) in [5, 5.41) is 3.64. The zero-order valence-electron chi connectivity index (χ0n) is 17.1. The summed E-state index contributed by atoms with van der Waals surface area (Å²) >= 11 is 0. The van der Waals surface area contributed by atoms with E-state index in [2.05, 4.69) is 5.32 Å². The lowest BCUT2D eigenvalue weighted by Gasteiger charge is -2.34. The highest BCUT2D eigenvalue weighted by atomic mass is 16.5. The maximum absolute atomic E-state index is 13.1. The Labute approximate surface area is 175 Å². The molecule has 2 heterocycles. The van der Waals surface area contributed by atoms with Crippen molar-refractivity contribution in [2.75, 3.05) is 6.54 Å². The van der Waals surface area contributed by atoms with Gasteiger partial charge in [-0.25, -0.2) is 0 Å². The molecule has 1 saturated carbocycles. The maximum atomic E-state index is 13.1. The van der Waals surface area contributed by atoms with Crippen LogP contribution < -0.4 is 10.1 Å². The van der Waals surface area contributed by atoms with Gasteiger partial charge in [-0.2, -0.15) is 0 Å². The second kappa shape index (κ2) is 7.31. The largest absolute Gasteiger partial charge is 0.486 e. The van der Waals surface area contributed by atoms with Crippen LogP contribution in [0.15, 0.2) is 46.9 Å². The molecule has 5 rings (SSSR count). The van der Waals surface area contributed by atoms with Crippen molar-refractivity contribution in [3.63, 3.8) is 0 Å². The summed E-state index contributed by atoms with van der Waals surface area (Å²) in [6.07, 6.45) is 5.20. The van der Waals surface area contributed by atoms with Crippen molar-refractivity contribution >= 4 is 22.7 Å². The SMILES string of the molecule is Cc1c(C(=O)NCCc2ccccc2)oc2ccc3c(c12)C(=O)CC1(CCCC1)O3. The number of amides is 1. The summed E-state index contributed by atoms with van der Waals surface area (Å²) in [5.74, 6) is 0.717. The number of rotatable bonds is 4. The average Bonchev–Trinajstić information content (AvgIpc) is 3.33. The van der Waals surface area contributed by atoms with E-state index in [-0.39, 0.29) is 23.1 Å². The molecule has 1 aliphatic carbocycles. The van der Waals surface area contributed by atoms with E-state index in [0.717, 1.165) is 37.7 Å². The molecule has 1 N–H and O–H groups in total. The molecule has 2 aliphatic rings. The van der Waals surface area contributed by atoms with Crippen LogP contribution in [0.25, 0.3) is 11.0 Å². The Morgan fingerprint density at radius 1 is 1.10 bits per heavy atom. The first kappa shape index (κ1) is 18.9. The number of nitrogens with one attached hydrogen (secondary N) is 1. The molecule has 1 aliphatic heterocycles. The zero-order valence-corrected chi connectivity index (χ0v) is 17.1. The highest BCUT2D eigenvalue weighted by molar-refractivity contribution is 6.13. The number of ether oxygens (including phenoxy) is 1. The molecule has 2 aromatic carbocycles. The van der Waals surface area contributed by atoms with Crippen molar-refractivity contribution in [3.8, 4) is 5.75 Å². The van der Waals surface area contributed by atoms with Gasteiger partial charge in [0.15, 0.2) is 11.5 Å². The van der Waals surface area contributed by atoms with Crippen LogP contribution in [-0.2, 0) is 6.42 Å². The molecule has 0 bridgehead atoms. The van der Waals surface area contributed by atoms with Crippen molar-refractivity contribution < 1.29 is 18.7 Å².